The molecule has 350 valence electrons. The average Bonchev–Trinajstić information content (AvgIpc) is 3.24. The van der Waals surface area contributed by atoms with Crippen LogP contribution in [0.4, 0.5) is 0 Å². The maximum Gasteiger partial charge on any atom is 0.305 e. The van der Waals surface area contributed by atoms with E-state index in [1.165, 1.54) is 77.0 Å². The quantitative estimate of drug-likeness (QED) is 0.0198. The van der Waals surface area contributed by atoms with Gasteiger partial charge < -0.3 is 45.1 Å². The Morgan fingerprint density at radius 1 is 0.600 bits per heavy atom. The largest absolute Gasteiger partial charge is 0.466 e. The van der Waals surface area contributed by atoms with E-state index in [-0.39, 0.29) is 18.5 Å². The monoisotopic (exact) mass is 852 g/mol. The summed E-state index contributed by atoms with van der Waals surface area (Å²) >= 11 is 0. The summed E-state index contributed by atoms with van der Waals surface area (Å²) in [5, 5.41) is 54.0. The molecule has 7 unspecified atom stereocenters. The highest BCUT2D eigenvalue weighted by Gasteiger charge is 2.44. The van der Waals surface area contributed by atoms with E-state index in [1.54, 1.807) is 6.08 Å². The molecule has 0 aliphatic carbocycles. The van der Waals surface area contributed by atoms with Crippen LogP contribution < -0.4 is 5.32 Å². The molecule has 0 aromatic rings. The topological polar surface area (TPSA) is 175 Å². The number of nitrogens with one attached hydrogen (secondary N) is 1. The molecule has 6 N–H and O–H groups in total. The van der Waals surface area contributed by atoms with Gasteiger partial charge in [-0.25, -0.2) is 0 Å². The van der Waals surface area contributed by atoms with Crippen molar-refractivity contribution in [2.45, 2.75) is 243 Å². The summed E-state index contributed by atoms with van der Waals surface area (Å²) < 4.78 is 16.6. The normalized spacial score (nSPS) is 20.7. The van der Waals surface area contributed by atoms with Crippen LogP contribution in [-0.4, -0.2) is 100 Å². The molecule has 0 saturated carbocycles. The lowest BCUT2D eigenvalue weighted by atomic mass is 9.99. The zero-order valence-electron chi connectivity index (χ0n) is 37.9. The highest BCUT2D eigenvalue weighted by molar-refractivity contribution is 5.76. The van der Waals surface area contributed by atoms with Crippen LogP contribution >= 0.6 is 0 Å². The number of aliphatic hydroxyl groups is 5. The first kappa shape index (κ1) is 55.9. The van der Waals surface area contributed by atoms with Crippen LogP contribution in [0.25, 0.3) is 0 Å². The number of rotatable bonds is 40. The molecule has 1 fully saturated rings. The van der Waals surface area contributed by atoms with Gasteiger partial charge in [0.25, 0.3) is 0 Å². The molecule has 1 aliphatic rings. The number of carbonyl (C=O) groups excluding carboxylic acids is 2. The van der Waals surface area contributed by atoms with Crippen molar-refractivity contribution in [1.82, 2.24) is 5.32 Å². The van der Waals surface area contributed by atoms with E-state index in [9.17, 15) is 35.1 Å². The molecule has 0 bridgehead atoms. The lowest BCUT2D eigenvalue weighted by Gasteiger charge is -2.40. The van der Waals surface area contributed by atoms with Gasteiger partial charge in [0.2, 0.25) is 5.91 Å². The predicted octanol–water partition coefficient (Wildman–Crippen LogP) is 9.21. The Hall–Kier alpha value is -2.12. The molecular formula is C49H89NO10. The Balaban J connectivity index is 2.21. The first-order chi connectivity index (χ1) is 29.2. The smallest absolute Gasteiger partial charge is 0.305 e. The highest BCUT2D eigenvalue weighted by Crippen LogP contribution is 2.22. The number of allylic oxidation sites excluding steroid dienone is 5. The summed E-state index contributed by atoms with van der Waals surface area (Å²) in [5.74, 6) is -0.271. The molecule has 11 heteroatoms. The van der Waals surface area contributed by atoms with Crippen LogP contribution in [0, 0.1) is 0 Å². The van der Waals surface area contributed by atoms with Gasteiger partial charge in [-0.3, -0.25) is 9.59 Å². The zero-order valence-corrected chi connectivity index (χ0v) is 37.9. The van der Waals surface area contributed by atoms with E-state index in [4.69, 9.17) is 14.2 Å². The summed E-state index contributed by atoms with van der Waals surface area (Å²) in [7, 11) is 0. The number of amides is 1. The van der Waals surface area contributed by atoms with Gasteiger partial charge in [0.1, 0.15) is 24.4 Å². The summed E-state index contributed by atoms with van der Waals surface area (Å²) in [5.41, 5.74) is 0. The third kappa shape index (κ3) is 30.0. The number of ether oxygens (including phenoxy) is 3. The second kappa shape index (κ2) is 39.7. The minimum Gasteiger partial charge on any atom is -0.466 e. The number of hydrogen-bond donors (Lipinski definition) is 6. The first-order valence-electron chi connectivity index (χ1n) is 24.3. The molecule has 11 nitrogen and oxygen atoms in total. The SMILES string of the molecule is CCCC/C=C\CCCCCCCC(=O)OCCCCC/C=C\CCCCCCCC(=O)NC(COC1OC(CO)C(O)C(O)C1O)C(O)/C=C/CCCCCCCCC. The summed E-state index contributed by atoms with van der Waals surface area (Å²) in [6, 6.07) is -0.827. The maximum atomic E-state index is 12.9. The van der Waals surface area contributed by atoms with Crippen molar-refractivity contribution in [3.05, 3.63) is 36.5 Å². The molecule has 7 atom stereocenters. The fourth-order valence-electron chi connectivity index (χ4n) is 7.23. The Labute approximate surface area is 364 Å². The van der Waals surface area contributed by atoms with Crippen molar-refractivity contribution >= 4 is 11.9 Å². The van der Waals surface area contributed by atoms with E-state index >= 15 is 0 Å². The molecule has 0 radical (unpaired) electrons. The van der Waals surface area contributed by atoms with E-state index in [1.807, 2.05) is 6.08 Å². The Bertz CT molecular complexity index is 1100. The fraction of sp³-hybridized carbons (Fsp3) is 0.837. The van der Waals surface area contributed by atoms with Gasteiger partial charge in [-0.1, -0.05) is 140 Å². The lowest BCUT2D eigenvalue weighted by Crippen LogP contribution is -2.60. The standard InChI is InChI=1S/C49H89NO10/c1-3-5-7-9-11-13-16-21-25-29-33-37-45(54)58-38-34-30-26-22-18-15-14-17-20-24-28-32-36-44(53)50-41(42(52)35-31-27-23-19-12-10-8-6-4-2)40-59-49-48(57)47(56)46(55)43(39-51)60-49/h9,11,15,18,31,35,41-43,46-49,51-52,55-57H,3-8,10,12-14,16-17,19-30,32-34,36-40H2,1-2H3,(H,50,53)/b11-9-,18-15-,35-31+. The van der Waals surface area contributed by atoms with Crippen molar-refractivity contribution in [3.8, 4) is 0 Å². The van der Waals surface area contributed by atoms with Crippen molar-refractivity contribution in [2.75, 3.05) is 19.8 Å². The molecule has 1 aliphatic heterocycles. The predicted molar refractivity (Wildman–Crippen MR) is 241 cm³/mol. The lowest BCUT2D eigenvalue weighted by molar-refractivity contribution is -0.302. The summed E-state index contributed by atoms with van der Waals surface area (Å²) in [6.07, 6.45) is 35.1. The van der Waals surface area contributed by atoms with Gasteiger partial charge in [0, 0.05) is 12.8 Å². The molecule has 0 spiro atoms. The Morgan fingerprint density at radius 3 is 1.65 bits per heavy atom. The highest BCUT2D eigenvalue weighted by atomic mass is 16.7. The van der Waals surface area contributed by atoms with Gasteiger partial charge in [-0.15, -0.1) is 0 Å². The van der Waals surface area contributed by atoms with Gasteiger partial charge in [-0.2, -0.15) is 0 Å². The van der Waals surface area contributed by atoms with E-state index in [0.29, 0.717) is 19.4 Å². The second-order valence-corrected chi connectivity index (χ2v) is 16.8. The summed E-state index contributed by atoms with van der Waals surface area (Å²) in [4.78, 5) is 24.9. The first-order valence-corrected chi connectivity index (χ1v) is 24.3. The van der Waals surface area contributed by atoms with Crippen molar-refractivity contribution in [3.63, 3.8) is 0 Å². The summed E-state index contributed by atoms with van der Waals surface area (Å²) in [6.45, 7) is 4.16. The third-order valence-electron chi connectivity index (χ3n) is 11.2. The fourth-order valence-corrected chi connectivity index (χ4v) is 7.23. The van der Waals surface area contributed by atoms with Crippen molar-refractivity contribution in [1.29, 1.82) is 0 Å². The van der Waals surface area contributed by atoms with Crippen molar-refractivity contribution in [2.24, 2.45) is 0 Å². The van der Waals surface area contributed by atoms with Crippen LogP contribution in [0.15, 0.2) is 36.5 Å². The van der Waals surface area contributed by atoms with Gasteiger partial charge >= 0.3 is 5.97 Å². The van der Waals surface area contributed by atoms with Crippen LogP contribution in [0.5, 0.6) is 0 Å². The number of unbranched alkanes of at least 4 members (excludes halogenated alkanes) is 22. The Kier molecular flexibility index (Phi) is 37.0. The average molecular weight is 852 g/mol. The minimum atomic E-state index is -1.58. The maximum absolute atomic E-state index is 12.9. The molecular weight excluding hydrogens is 763 g/mol. The van der Waals surface area contributed by atoms with Gasteiger partial charge in [0.05, 0.1) is 32.0 Å². The van der Waals surface area contributed by atoms with E-state index in [2.05, 4.69) is 43.5 Å². The number of esters is 1. The third-order valence-corrected chi connectivity index (χ3v) is 11.2. The van der Waals surface area contributed by atoms with Crippen LogP contribution in [-0.2, 0) is 23.8 Å². The molecule has 1 amide bonds. The molecule has 1 heterocycles. The molecule has 0 aromatic heterocycles. The van der Waals surface area contributed by atoms with E-state index in [0.717, 1.165) is 96.3 Å². The Morgan fingerprint density at radius 2 is 1.08 bits per heavy atom. The second-order valence-electron chi connectivity index (χ2n) is 16.8. The molecule has 0 aromatic carbocycles. The van der Waals surface area contributed by atoms with Gasteiger partial charge in [-0.05, 0) is 83.5 Å². The number of hydrogen-bond acceptors (Lipinski definition) is 10. The van der Waals surface area contributed by atoms with Crippen LogP contribution in [0.1, 0.15) is 200 Å². The number of carbonyl (C=O) groups is 2. The van der Waals surface area contributed by atoms with Crippen LogP contribution in [0.2, 0.25) is 0 Å². The molecule has 1 rings (SSSR count). The number of aliphatic hydroxyl groups excluding tert-OH is 5. The molecule has 60 heavy (non-hydrogen) atoms. The minimum absolute atomic E-state index is 0.0591. The zero-order chi connectivity index (χ0) is 43.9. The van der Waals surface area contributed by atoms with E-state index < -0.39 is 49.5 Å². The van der Waals surface area contributed by atoms with Crippen molar-refractivity contribution < 1.29 is 49.3 Å². The van der Waals surface area contributed by atoms with Crippen LogP contribution in [0.3, 0.4) is 0 Å². The molecule has 1 saturated heterocycles. The van der Waals surface area contributed by atoms with Gasteiger partial charge in [0.15, 0.2) is 6.29 Å².